The normalized spacial score (nSPS) is 12.7. The van der Waals surface area contributed by atoms with Crippen LogP contribution in [0.5, 0.6) is 0 Å². The van der Waals surface area contributed by atoms with E-state index in [4.69, 9.17) is 0 Å². The minimum Gasteiger partial charge on any atom is -0.321 e. The van der Waals surface area contributed by atoms with E-state index >= 15 is 0 Å². The maximum atomic E-state index is 12.6. The Bertz CT molecular complexity index is 931. The van der Waals surface area contributed by atoms with Gasteiger partial charge < -0.3 is 4.98 Å². The van der Waals surface area contributed by atoms with Crippen LogP contribution in [0.25, 0.3) is 10.9 Å². The van der Waals surface area contributed by atoms with E-state index in [2.05, 4.69) is 54.0 Å². The Morgan fingerprint density at radius 2 is 2.04 bits per heavy atom. The second kappa shape index (κ2) is 7.19. The van der Waals surface area contributed by atoms with E-state index < -0.39 is 0 Å². The van der Waals surface area contributed by atoms with Gasteiger partial charge in [-0.3, -0.25) is 14.7 Å². The smallest absolute Gasteiger partial charge is 0.252 e. The number of nitrogens with zero attached hydrogens (tertiary/aromatic N) is 2. The van der Waals surface area contributed by atoms with Crippen LogP contribution in [0.3, 0.4) is 0 Å². The first-order valence-corrected chi connectivity index (χ1v) is 8.73. The van der Waals surface area contributed by atoms with Crippen LogP contribution in [0.2, 0.25) is 0 Å². The first-order valence-electron chi connectivity index (χ1n) is 8.73. The molecule has 0 spiro atoms. The van der Waals surface area contributed by atoms with Gasteiger partial charge in [0.05, 0.1) is 5.52 Å². The van der Waals surface area contributed by atoms with Crippen molar-refractivity contribution in [3.05, 3.63) is 75.3 Å². The Morgan fingerprint density at radius 1 is 1.24 bits per heavy atom. The summed E-state index contributed by atoms with van der Waals surface area (Å²) in [7, 11) is 2.06. The average Bonchev–Trinajstić information content (AvgIpc) is 2.58. The van der Waals surface area contributed by atoms with Crippen LogP contribution in [0.4, 0.5) is 0 Å². The molecule has 0 amide bonds. The SMILES string of the molecule is CCC(c1cccnc1)N(C)Cc1cc2cc(C)cc(C)c2[nH]c1=O. The maximum absolute atomic E-state index is 12.6. The van der Waals surface area contributed by atoms with Gasteiger partial charge in [0.2, 0.25) is 0 Å². The fraction of sp³-hybridized carbons (Fsp3) is 0.333. The molecule has 0 aliphatic rings. The highest BCUT2D eigenvalue weighted by molar-refractivity contribution is 5.82. The largest absolute Gasteiger partial charge is 0.321 e. The number of H-pyrrole nitrogens is 1. The van der Waals surface area contributed by atoms with Crippen molar-refractivity contribution in [3.8, 4) is 0 Å². The van der Waals surface area contributed by atoms with Crippen molar-refractivity contribution < 1.29 is 0 Å². The molecule has 0 saturated carbocycles. The molecule has 0 saturated heterocycles. The molecule has 2 aromatic heterocycles. The van der Waals surface area contributed by atoms with Gasteiger partial charge in [0, 0.05) is 30.5 Å². The van der Waals surface area contributed by atoms with Crippen molar-refractivity contribution in [2.45, 2.75) is 39.8 Å². The summed E-state index contributed by atoms with van der Waals surface area (Å²) in [6.07, 6.45) is 4.66. The molecule has 1 N–H and O–H groups in total. The molecular weight excluding hydrogens is 310 g/mol. The third kappa shape index (κ3) is 3.64. The molecule has 25 heavy (non-hydrogen) atoms. The highest BCUT2D eigenvalue weighted by atomic mass is 16.1. The van der Waals surface area contributed by atoms with E-state index in [0.29, 0.717) is 6.54 Å². The second-order valence-electron chi connectivity index (χ2n) is 6.80. The van der Waals surface area contributed by atoms with Gasteiger partial charge in [0.1, 0.15) is 0 Å². The van der Waals surface area contributed by atoms with E-state index in [1.54, 1.807) is 6.20 Å². The molecule has 3 rings (SSSR count). The lowest BCUT2D eigenvalue weighted by Gasteiger charge is -2.27. The fourth-order valence-corrected chi connectivity index (χ4v) is 3.60. The topological polar surface area (TPSA) is 49.0 Å². The minimum atomic E-state index is -0.00709. The van der Waals surface area contributed by atoms with Crippen LogP contribution in [-0.2, 0) is 6.54 Å². The summed E-state index contributed by atoms with van der Waals surface area (Å²) in [6, 6.07) is 10.5. The van der Waals surface area contributed by atoms with Gasteiger partial charge in [0.15, 0.2) is 0 Å². The van der Waals surface area contributed by atoms with Crippen LogP contribution in [0, 0.1) is 13.8 Å². The molecule has 0 aliphatic heterocycles. The van der Waals surface area contributed by atoms with Crippen LogP contribution in [0.1, 0.15) is 41.6 Å². The van der Waals surface area contributed by atoms with Crippen molar-refractivity contribution >= 4 is 10.9 Å². The standard InChI is InChI=1S/C21H25N3O/c1-5-19(16-7-6-8-22-12-16)24(4)13-18-11-17-10-14(2)9-15(3)20(17)23-21(18)25/h6-12,19H,5,13H2,1-4H3,(H,23,25). The molecule has 3 aromatic rings. The number of aromatic nitrogens is 2. The Balaban J connectivity index is 1.94. The zero-order valence-corrected chi connectivity index (χ0v) is 15.3. The zero-order chi connectivity index (χ0) is 18.0. The third-order valence-electron chi connectivity index (χ3n) is 4.78. The first kappa shape index (κ1) is 17.4. The molecule has 4 nitrogen and oxygen atoms in total. The molecule has 1 atom stereocenters. The molecule has 0 aliphatic carbocycles. The van der Waals surface area contributed by atoms with Crippen molar-refractivity contribution in [2.24, 2.45) is 0 Å². The van der Waals surface area contributed by atoms with Crippen LogP contribution in [0.15, 0.2) is 47.5 Å². The van der Waals surface area contributed by atoms with Gasteiger partial charge >= 0.3 is 0 Å². The molecule has 1 aromatic carbocycles. The molecular formula is C21H25N3O. The molecule has 130 valence electrons. The minimum absolute atomic E-state index is 0.00709. The van der Waals surface area contributed by atoms with Crippen LogP contribution < -0.4 is 5.56 Å². The number of aryl methyl sites for hydroxylation is 2. The highest BCUT2D eigenvalue weighted by Crippen LogP contribution is 2.24. The number of nitrogens with one attached hydrogen (secondary N) is 1. The molecule has 0 bridgehead atoms. The summed E-state index contributed by atoms with van der Waals surface area (Å²) in [4.78, 5) is 22.1. The highest BCUT2D eigenvalue weighted by Gasteiger charge is 2.17. The van der Waals surface area contributed by atoms with Crippen molar-refractivity contribution in [1.82, 2.24) is 14.9 Å². The van der Waals surface area contributed by atoms with Gasteiger partial charge in [-0.2, -0.15) is 0 Å². The predicted molar refractivity (Wildman–Crippen MR) is 103 cm³/mol. The average molecular weight is 335 g/mol. The van der Waals surface area contributed by atoms with Gasteiger partial charge in [-0.15, -0.1) is 0 Å². The number of fused-ring (bicyclic) bond motifs is 1. The predicted octanol–water partition coefficient (Wildman–Crippen LogP) is 4.12. The lowest BCUT2D eigenvalue weighted by atomic mass is 10.0. The van der Waals surface area contributed by atoms with Crippen LogP contribution in [-0.4, -0.2) is 21.9 Å². The van der Waals surface area contributed by atoms with E-state index in [-0.39, 0.29) is 11.6 Å². The Kier molecular flexibility index (Phi) is 5.00. The van der Waals surface area contributed by atoms with Crippen LogP contribution >= 0.6 is 0 Å². The van der Waals surface area contributed by atoms with Gasteiger partial charge in [-0.25, -0.2) is 0 Å². The van der Waals surface area contributed by atoms with Crippen molar-refractivity contribution in [3.63, 3.8) is 0 Å². The third-order valence-corrected chi connectivity index (χ3v) is 4.78. The second-order valence-corrected chi connectivity index (χ2v) is 6.80. The van der Waals surface area contributed by atoms with Gasteiger partial charge in [0.25, 0.3) is 5.56 Å². The fourth-order valence-electron chi connectivity index (χ4n) is 3.60. The Morgan fingerprint density at radius 3 is 2.72 bits per heavy atom. The zero-order valence-electron chi connectivity index (χ0n) is 15.3. The number of pyridine rings is 2. The van der Waals surface area contributed by atoms with E-state index in [1.807, 2.05) is 25.3 Å². The summed E-state index contributed by atoms with van der Waals surface area (Å²) in [6.45, 7) is 6.88. The summed E-state index contributed by atoms with van der Waals surface area (Å²) >= 11 is 0. The summed E-state index contributed by atoms with van der Waals surface area (Å²) in [5.41, 5.74) is 5.21. The van der Waals surface area contributed by atoms with E-state index in [9.17, 15) is 4.79 Å². The summed E-state index contributed by atoms with van der Waals surface area (Å²) in [5.74, 6) is 0. The molecule has 0 radical (unpaired) electrons. The summed E-state index contributed by atoms with van der Waals surface area (Å²) in [5, 5.41) is 1.09. The number of hydrogen-bond donors (Lipinski definition) is 1. The molecule has 0 fully saturated rings. The maximum Gasteiger partial charge on any atom is 0.252 e. The number of hydrogen-bond acceptors (Lipinski definition) is 3. The Labute approximate surface area is 148 Å². The van der Waals surface area contributed by atoms with Crippen molar-refractivity contribution in [1.29, 1.82) is 0 Å². The monoisotopic (exact) mass is 335 g/mol. The van der Waals surface area contributed by atoms with Crippen molar-refractivity contribution in [2.75, 3.05) is 7.05 Å². The first-order chi connectivity index (χ1) is 12.0. The van der Waals surface area contributed by atoms with E-state index in [0.717, 1.165) is 28.5 Å². The molecule has 2 heterocycles. The van der Waals surface area contributed by atoms with E-state index in [1.165, 1.54) is 11.1 Å². The summed E-state index contributed by atoms with van der Waals surface area (Å²) < 4.78 is 0. The number of benzene rings is 1. The molecule has 4 heteroatoms. The lowest BCUT2D eigenvalue weighted by Crippen LogP contribution is -2.27. The number of aromatic amines is 1. The molecule has 1 unspecified atom stereocenters. The number of rotatable bonds is 5. The van der Waals surface area contributed by atoms with Gasteiger partial charge in [-0.05, 0) is 62.0 Å². The Hall–Kier alpha value is -2.46. The lowest BCUT2D eigenvalue weighted by molar-refractivity contribution is 0.229. The van der Waals surface area contributed by atoms with Gasteiger partial charge in [-0.1, -0.05) is 24.6 Å². The quantitative estimate of drug-likeness (QED) is 0.763.